The van der Waals surface area contributed by atoms with Crippen LogP contribution in [0.1, 0.15) is 74.1 Å². The predicted octanol–water partition coefficient (Wildman–Crippen LogP) is 6.18. The van der Waals surface area contributed by atoms with E-state index in [9.17, 15) is 14.7 Å². The summed E-state index contributed by atoms with van der Waals surface area (Å²) in [5.74, 6) is 0.0516. The van der Waals surface area contributed by atoms with Crippen molar-refractivity contribution >= 4 is 23.4 Å². The van der Waals surface area contributed by atoms with Crippen molar-refractivity contribution in [1.29, 1.82) is 0 Å². The maximum atomic E-state index is 12.7. The second kappa shape index (κ2) is 9.92. The summed E-state index contributed by atoms with van der Waals surface area (Å²) >= 11 is 0. The molecule has 1 aliphatic heterocycles. The van der Waals surface area contributed by atoms with Crippen LogP contribution in [0.4, 0.5) is 16.2 Å². The summed E-state index contributed by atoms with van der Waals surface area (Å²) in [6.07, 6.45) is 2.16. The van der Waals surface area contributed by atoms with Crippen LogP contribution in [-0.2, 0) is 14.9 Å². The standard InChI is InChI=1S/C29H33N3O5/c1-18-17-22(13-16-32(18)24-11-9-23(10-12-24)29(14-15-29)27(33)34)26-25(19(2)31-37-26)30-28(35)36-20(3)21-7-5-4-6-8-21/h4-12,18,20,22H,13-17H2,1-3H3,(H,30,35)(H,33,34)/t18-,20+,22-/m0/s1. The number of ether oxygens (including phenoxy) is 1. The van der Waals surface area contributed by atoms with E-state index in [1.165, 1.54) is 0 Å². The van der Waals surface area contributed by atoms with Crippen LogP contribution in [0.3, 0.4) is 0 Å². The van der Waals surface area contributed by atoms with Crippen molar-refractivity contribution in [2.75, 3.05) is 16.8 Å². The number of rotatable bonds is 7. The first-order chi connectivity index (χ1) is 17.8. The zero-order valence-electron chi connectivity index (χ0n) is 21.4. The number of aryl methyl sites for hydroxylation is 1. The van der Waals surface area contributed by atoms with Crippen LogP contribution in [-0.4, -0.2) is 34.9 Å². The fourth-order valence-electron chi connectivity index (χ4n) is 5.42. The van der Waals surface area contributed by atoms with Crippen molar-refractivity contribution in [3.8, 4) is 0 Å². The van der Waals surface area contributed by atoms with Gasteiger partial charge in [-0.3, -0.25) is 10.1 Å². The number of carboxylic acid groups (broad SMARTS) is 1. The molecule has 194 valence electrons. The van der Waals surface area contributed by atoms with E-state index in [2.05, 4.69) is 22.3 Å². The third-order valence-electron chi connectivity index (χ3n) is 7.83. The van der Waals surface area contributed by atoms with E-state index in [-0.39, 0.29) is 18.1 Å². The van der Waals surface area contributed by atoms with Crippen LogP contribution in [0.5, 0.6) is 0 Å². The lowest BCUT2D eigenvalue weighted by Crippen LogP contribution is -2.40. The van der Waals surface area contributed by atoms with Crippen molar-refractivity contribution in [2.24, 2.45) is 0 Å². The van der Waals surface area contributed by atoms with E-state index < -0.39 is 17.5 Å². The van der Waals surface area contributed by atoms with Crippen LogP contribution < -0.4 is 10.2 Å². The minimum Gasteiger partial charge on any atom is -0.481 e. The molecule has 2 aromatic carbocycles. The number of carbonyl (C=O) groups excluding carboxylic acids is 1. The summed E-state index contributed by atoms with van der Waals surface area (Å²) in [5, 5.41) is 16.6. The van der Waals surface area contributed by atoms with Crippen LogP contribution in [0.25, 0.3) is 0 Å². The van der Waals surface area contributed by atoms with Gasteiger partial charge in [-0.05, 0) is 69.7 Å². The molecule has 2 heterocycles. The van der Waals surface area contributed by atoms with Gasteiger partial charge in [0.2, 0.25) is 0 Å². The Kier molecular flexibility index (Phi) is 6.67. The Morgan fingerprint density at radius 1 is 1.16 bits per heavy atom. The fourth-order valence-corrected chi connectivity index (χ4v) is 5.42. The average Bonchev–Trinajstić information content (AvgIpc) is 3.64. The van der Waals surface area contributed by atoms with Gasteiger partial charge in [-0.2, -0.15) is 0 Å². The number of nitrogens with zero attached hydrogens (tertiary/aromatic N) is 2. The third-order valence-corrected chi connectivity index (χ3v) is 7.83. The van der Waals surface area contributed by atoms with Gasteiger partial charge in [0.25, 0.3) is 0 Å². The predicted molar refractivity (Wildman–Crippen MR) is 140 cm³/mol. The molecule has 0 spiro atoms. The number of piperidine rings is 1. The molecule has 0 radical (unpaired) electrons. The van der Waals surface area contributed by atoms with Gasteiger partial charge < -0.3 is 19.3 Å². The molecule has 8 nitrogen and oxygen atoms in total. The number of aromatic nitrogens is 1. The molecule has 3 atom stereocenters. The molecule has 1 aromatic heterocycles. The summed E-state index contributed by atoms with van der Waals surface area (Å²) in [5.41, 5.74) is 3.41. The molecule has 37 heavy (non-hydrogen) atoms. The Morgan fingerprint density at radius 3 is 2.49 bits per heavy atom. The van der Waals surface area contributed by atoms with Crippen LogP contribution in [0.2, 0.25) is 0 Å². The van der Waals surface area contributed by atoms with E-state index in [1.807, 2.05) is 68.4 Å². The molecular weight excluding hydrogens is 470 g/mol. The molecule has 0 unspecified atom stereocenters. The first kappa shape index (κ1) is 24.9. The SMILES string of the molecule is Cc1noc([C@H]2CCN(c3ccc(C4(C(=O)O)CC4)cc3)[C@@H](C)C2)c1NC(=O)O[C@H](C)c1ccccc1. The minimum atomic E-state index is -0.736. The Labute approximate surface area is 216 Å². The van der Waals surface area contributed by atoms with Gasteiger partial charge in [-0.15, -0.1) is 0 Å². The highest BCUT2D eigenvalue weighted by atomic mass is 16.6. The molecule has 2 N–H and O–H groups in total. The molecule has 1 saturated carbocycles. The summed E-state index contributed by atoms with van der Waals surface area (Å²) in [6, 6.07) is 17.8. The Bertz CT molecular complexity index is 1270. The topological polar surface area (TPSA) is 105 Å². The normalized spacial score (nSPS) is 21.2. The fraction of sp³-hybridized carbons (Fsp3) is 0.414. The number of hydrogen-bond donors (Lipinski definition) is 2. The lowest BCUT2D eigenvalue weighted by atomic mass is 9.88. The molecular formula is C29H33N3O5. The third kappa shape index (κ3) is 4.92. The summed E-state index contributed by atoms with van der Waals surface area (Å²) < 4.78 is 11.3. The van der Waals surface area contributed by atoms with Crippen molar-refractivity contribution in [2.45, 2.75) is 69.9 Å². The molecule has 1 saturated heterocycles. The zero-order chi connectivity index (χ0) is 26.2. The number of carbonyl (C=O) groups is 2. The number of anilines is 2. The molecule has 8 heteroatoms. The number of carboxylic acids is 1. The van der Waals surface area contributed by atoms with Crippen LogP contribution >= 0.6 is 0 Å². The Morgan fingerprint density at radius 2 is 1.86 bits per heavy atom. The number of hydrogen-bond acceptors (Lipinski definition) is 6. The number of benzene rings is 2. The summed E-state index contributed by atoms with van der Waals surface area (Å²) in [6.45, 7) is 6.63. The maximum Gasteiger partial charge on any atom is 0.412 e. The molecule has 1 amide bonds. The Balaban J connectivity index is 1.23. The second-order valence-corrected chi connectivity index (χ2v) is 10.3. The van der Waals surface area contributed by atoms with Gasteiger partial charge in [0, 0.05) is 24.2 Å². The highest BCUT2D eigenvalue weighted by Crippen LogP contribution is 2.49. The minimum absolute atomic E-state index is 0.107. The van der Waals surface area contributed by atoms with Crippen molar-refractivity contribution in [3.63, 3.8) is 0 Å². The monoisotopic (exact) mass is 503 g/mol. The zero-order valence-corrected chi connectivity index (χ0v) is 21.4. The van der Waals surface area contributed by atoms with Gasteiger partial charge >= 0.3 is 12.1 Å². The van der Waals surface area contributed by atoms with Crippen molar-refractivity contribution in [3.05, 3.63) is 77.2 Å². The molecule has 0 bridgehead atoms. The second-order valence-electron chi connectivity index (χ2n) is 10.3. The van der Waals surface area contributed by atoms with Crippen LogP contribution in [0, 0.1) is 6.92 Å². The van der Waals surface area contributed by atoms with Gasteiger partial charge in [-0.25, -0.2) is 4.79 Å². The van der Waals surface area contributed by atoms with Crippen molar-refractivity contribution in [1.82, 2.24) is 5.16 Å². The highest BCUT2D eigenvalue weighted by molar-refractivity contribution is 5.86. The number of amides is 1. The smallest absolute Gasteiger partial charge is 0.412 e. The number of nitrogens with one attached hydrogen (secondary N) is 1. The first-order valence-corrected chi connectivity index (χ1v) is 12.9. The average molecular weight is 504 g/mol. The highest BCUT2D eigenvalue weighted by Gasteiger charge is 2.51. The van der Waals surface area contributed by atoms with Crippen molar-refractivity contribution < 1.29 is 24.0 Å². The number of aliphatic carboxylic acids is 1. The lowest BCUT2D eigenvalue weighted by Gasteiger charge is -2.39. The van der Waals surface area contributed by atoms with E-state index in [1.54, 1.807) is 0 Å². The molecule has 2 fully saturated rings. The summed E-state index contributed by atoms with van der Waals surface area (Å²) in [4.78, 5) is 26.7. The van der Waals surface area contributed by atoms with Crippen LogP contribution in [0.15, 0.2) is 59.1 Å². The van der Waals surface area contributed by atoms with Gasteiger partial charge in [0.15, 0.2) is 5.76 Å². The Hall–Kier alpha value is -3.81. The summed E-state index contributed by atoms with van der Waals surface area (Å²) in [7, 11) is 0. The molecule has 3 aromatic rings. The van der Waals surface area contributed by atoms with Gasteiger partial charge in [-0.1, -0.05) is 47.6 Å². The molecule has 1 aliphatic carbocycles. The maximum absolute atomic E-state index is 12.7. The van der Waals surface area contributed by atoms with Gasteiger partial charge in [0.1, 0.15) is 17.5 Å². The lowest BCUT2D eigenvalue weighted by molar-refractivity contribution is -0.140. The quantitative estimate of drug-likeness (QED) is 0.396. The van der Waals surface area contributed by atoms with E-state index in [4.69, 9.17) is 9.26 Å². The largest absolute Gasteiger partial charge is 0.481 e. The molecule has 2 aliphatic rings. The van der Waals surface area contributed by atoms with Gasteiger partial charge in [0.05, 0.1) is 5.41 Å². The molecule has 5 rings (SSSR count). The first-order valence-electron chi connectivity index (χ1n) is 12.9. The van der Waals surface area contributed by atoms with E-state index in [0.29, 0.717) is 30.0 Å². The van der Waals surface area contributed by atoms with E-state index in [0.717, 1.165) is 36.2 Å². The van der Waals surface area contributed by atoms with E-state index >= 15 is 0 Å².